The van der Waals surface area contributed by atoms with Crippen LogP contribution in [0.3, 0.4) is 0 Å². The molecule has 0 unspecified atom stereocenters. The van der Waals surface area contributed by atoms with Gasteiger partial charge in [0.25, 0.3) is 5.56 Å². The molecule has 2 N–H and O–H groups in total. The number of hydrogen-bond donors (Lipinski definition) is 2. The molecule has 0 bridgehead atoms. The molecule has 1 aliphatic rings. The topological polar surface area (TPSA) is 60.6 Å². The lowest BCUT2D eigenvalue weighted by Crippen LogP contribution is -2.46. The van der Waals surface area contributed by atoms with Gasteiger partial charge in [0, 0.05) is 38.3 Å². The maximum Gasteiger partial charge on any atom is 0.253 e. The molecule has 164 valence electrons. The molecule has 2 heterocycles. The minimum Gasteiger partial charge on any atom is -0.379 e. The predicted molar refractivity (Wildman–Crippen MR) is 127 cm³/mol. The van der Waals surface area contributed by atoms with Gasteiger partial charge in [0.1, 0.15) is 0 Å². The Bertz CT molecular complexity index is 921. The van der Waals surface area contributed by atoms with Crippen LogP contribution in [-0.4, -0.2) is 65.8 Å². The van der Waals surface area contributed by atoms with Crippen LogP contribution < -0.4 is 10.9 Å². The minimum atomic E-state index is -0.0380. The van der Waals surface area contributed by atoms with E-state index in [-0.39, 0.29) is 5.56 Å². The van der Waals surface area contributed by atoms with E-state index in [0.717, 1.165) is 85.9 Å². The molecule has 1 saturated heterocycles. The van der Waals surface area contributed by atoms with E-state index in [9.17, 15) is 4.79 Å². The Morgan fingerprint density at radius 3 is 2.80 bits per heavy atom. The first kappa shape index (κ1) is 22.7. The number of nitrogens with zero attached hydrogens (tertiary/aromatic N) is 2. The van der Waals surface area contributed by atoms with E-state index in [1.165, 1.54) is 5.56 Å². The van der Waals surface area contributed by atoms with Gasteiger partial charge in [0.15, 0.2) is 5.11 Å². The van der Waals surface area contributed by atoms with E-state index < -0.39 is 0 Å². The molecule has 0 amide bonds. The van der Waals surface area contributed by atoms with E-state index in [1.807, 2.05) is 6.07 Å². The summed E-state index contributed by atoms with van der Waals surface area (Å²) < 4.78 is 5.45. The Balaban J connectivity index is 1.78. The molecule has 3 rings (SSSR count). The van der Waals surface area contributed by atoms with E-state index >= 15 is 0 Å². The highest BCUT2D eigenvalue weighted by Gasteiger charge is 2.17. The SMILES string of the molecule is CCCCNC(=S)N(CCN1CCOCC1)Cc1cc2ccc(C)c(C)c2[nH]c1=O. The Kier molecular flexibility index (Phi) is 8.24. The third-order valence-electron chi connectivity index (χ3n) is 5.87. The number of benzene rings is 1. The number of pyridine rings is 1. The molecule has 2 aromatic rings. The number of ether oxygens (including phenoxy) is 1. The number of thiocarbonyl (C=S) groups is 1. The summed E-state index contributed by atoms with van der Waals surface area (Å²) >= 11 is 5.69. The molecule has 1 aromatic carbocycles. The monoisotopic (exact) mass is 430 g/mol. The average Bonchev–Trinajstić information content (AvgIpc) is 2.75. The number of aryl methyl sites for hydroxylation is 2. The number of H-pyrrole nitrogens is 1. The second kappa shape index (κ2) is 10.9. The number of unbranched alkanes of at least 4 members (excludes halogenated alkanes) is 1. The van der Waals surface area contributed by atoms with Crippen molar-refractivity contribution >= 4 is 28.2 Å². The molecule has 1 aliphatic heterocycles. The Morgan fingerprint density at radius 1 is 1.30 bits per heavy atom. The van der Waals surface area contributed by atoms with Gasteiger partial charge in [-0.25, -0.2) is 0 Å². The molecular formula is C23H34N4O2S. The molecule has 0 radical (unpaired) electrons. The van der Waals surface area contributed by atoms with Gasteiger partial charge in [-0.15, -0.1) is 0 Å². The number of nitrogens with one attached hydrogen (secondary N) is 2. The number of morpholine rings is 1. The van der Waals surface area contributed by atoms with Crippen LogP contribution in [0.25, 0.3) is 10.9 Å². The van der Waals surface area contributed by atoms with Crippen LogP contribution in [0.1, 0.15) is 36.5 Å². The standard InChI is InChI=1S/C23H34N4O2S/c1-4-5-8-24-23(30)27(10-9-26-11-13-29-14-12-26)16-20-15-19-7-6-17(2)18(3)21(19)25-22(20)28/h6-7,15H,4-5,8-14,16H2,1-3H3,(H,24,30)(H,25,28). The van der Waals surface area contributed by atoms with Gasteiger partial charge in [-0.2, -0.15) is 0 Å². The van der Waals surface area contributed by atoms with E-state index in [4.69, 9.17) is 17.0 Å². The molecule has 6 nitrogen and oxygen atoms in total. The van der Waals surface area contributed by atoms with E-state index in [1.54, 1.807) is 0 Å². The predicted octanol–water partition coefficient (Wildman–Crippen LogP) is 2.95. The fourth-order valence-corrected chi connectivity index (χ4v) is 3.97. The molecular weight excluding hydrogens is 396 g/mol. The molecule has 0 atom stereocenters. The van der Waals surface area contributed by atoms with Crippen molar-refractivity contribution in [1.82, 2.24) is 20.1 Å². The number of aromatic nitrogens is 1. The van der Waals surface area contributed by atoms with Crippen molar-refractivity contribution in [3.63, 3.8) is 0 Å². The van der Waals surface area contributed by atoms with Gasteiger partial charge < -0.3 is 19.9 Å². The van der Waals surface area contributed by atoms with Crippen LogP contribution in [0.4, 0.5) is 0 Å². The quantitative estimate of drug-likeness (QED) is 0.496. The summed E-state index contributed by atoms with van der Waals surface area (Å²) in [6.07, 6.45) is 2.19. The second-order valence-corrected chi connectivity index (χ2v) is 8.44. The number of hydrogen-bond acceptors (Lipinski definition) is 4. The van der Waals surface area contributed by atoms with Crippen molar-refractivity contribution in [3.8, 4) is 0 Å². The van der Waals surface area contributed by atoms with Gasteiger partial charge >= 0.3 is 0 Å². The lowest BCUT2D eigenvalue weighted by atomic mass is 10.0. The summed E-state index contributed by atoms with van der Waals surface area (Å²) in [5.74, 6) is 0. The van der Waals surface area contributed by atoms with Crippen LogP contribution in [0.15, 0.2) is 23.0 Å². The molecule has 0 aliphatic carbocycles. The zero-order valence-corrected chi connectivity index (χ0v) is 19.2. The van der Waals surface area contributed by atoms with E-state index in [0.29, 0.717) is 6.54 Å². The average molecular weight is 431 g/mol. The third kappa shape index (κ3) is 5.80. The highest BCUT2D eigenvalue weighted by molar-refractivity contribution is 7.80. The van der Waals surface area contributed by atoms with Crippen molar-refractivity contribution in [3.05, 3.63) is 45.2 Å². The van der Waals surface area contributed by atoms with Crippen molar-refractivity contribution in [2.75, 3.05) is 45.9 Å². The first-order chi connectivity index (χ1) is 14.5. The van der Waals surface area contributed by atoms with Crippen LogP contribution in [-0.2, 0) is 11.3 Å². The molecule has 1 fully saturated rings. The Labute approximate surface area is 184 Å². The lowest BCUT2D eigenvalue weighted by Gasteiger charge is -2.31. The fraction of sp³-hybridized carbons (Fsp3) is 0.565. The summed E-state index contributed by atoms with van der Waals surface area (Å²) in [5.41, 5.74) is 3.93. The normalized spacial score (nSPS) is 14.8. The van der Waals surface area contributed by atoms with Crippen LogP contribution in [0, 0.1) is 13.8 Å². The first-order valence-corrected chi connectivity index (χ1v) is 11.4. The minimum absolute atomic E-state index is 0.0380. The fourth-order valence-electron chi connectivity index (χ4n) is 3.72. The molecule has 30 heavy (non-hydrogen) atoms. The van der Waals surface area contributed by atoms with Crippen LogP contribution >= 0.6 is 12.2 Å². The third-order valence-corrected chi connectivity index (χ3v) is 6.28. The van der Waals surface area contributed by atoms with Gasteiger partial charge in [0.2, 0.25) is 0 Å². The molecule has 0 saturated carbocycles. The van der Waals surface area contributed by atoms with Gasteiger partial charge in [-0.3, -0.25) is 9.69 Å². The maximum absolute atomic E-state index is 12.8. The number of fused-ring (bicyclic) bond motifs is 1. The number of aromatic amines is 1. The summed E-state index contributed by atoms with van der Waals surface area (Å²) in [6, 6.07) is 6.19. The van der Waals surface area contributed by atoms with Gasteiger partial charge in [-0.1, -0.05) is 25.5 Å². The zero-order chi connectivity index (χ0) is 21.5. The smallest absolute Gasteiger partial charge is 0.253 e. The van der Waals surface area contributed by atoms with Crippen molar-refractivity contribution < 1.29 is 4.74 Å². The van der Waals surface area contributed by atoms with Gasteiger partial charge in [0.05, 0.1) is 25.3 Å². The zero-order valence-electron chi connectivity index (χ0n) is 18.4. The number of rotatable bonds is 8. The Morgan fingerprint density at radius 2 is 2.07 bits per heavy atom. The van der Waals surface area contributed by atoms with Crippen molar-refractivity contribution in [2.45, 2.75) is 40.2 Å². The second-order valence-electron chi connectivity index (χ2n) is 8.06. The lowest BCUT2D eigenvalue weighted by molar-refractivity contribution is 0.0357. The van der Waals surface area contributed by atoms with Crippen LogP contribution in [0.2, 0.25) is 0 Å². The first-order valence-electron chi connectivity index (χ1n) is 10.9. The summed E-state index contributed by atoms with van der Waals surface area (Å²) in [6.45, 7) is 12.8. The molecule has 1 aromatic heterocycles. The maximum atomic E-state index is 12.8. The van der Waals surface area contributed by atoms with Crippen LogP contribution in [0.5, 0.6) is 0 Å². The van der Waals surface area contributed by atoms with Gasteiger partial charge in [-0.05, 0) is 55.1 Å². The highest BCUT2D eigenvalue weighted by Crippen LogP contribution is 2.19. The Hall–Kier alpha value is -1.96. The van der Waals surface area contributed by atoms with Crippen molar-refractivity contribution in [1.29, 1.82) is 0 Å². The molecule has 0 spiro atoms. The summed E-state index contributed by atoms with van der Waals surface area (Å²) in [5, 5.41) is 5.15. The van der Waals surface area contributed by atoms with E-state index in [2.05, 4.69) is 53.0 Å². The van der Waals surface area contributed by atoms with Crippen molar-refractivity contribution in [2.24, 2.45) is 0 Å². The summed E-state index contributed by atoms with van der Waals surface area (Å²) in [4.78, 5) is 20.5. The largest absolute Gasteiger partial charge is 0.379 e. The highest BCUT2D eigenvalue weighted by atomic mass is 32.1. The summed E-state index contributed by atoms with van der Waals surface area (Å²) in [7, 11) is 0. The molecule has 7 heteroatoms.